The van der Waals surface area contributed by atoms with Crippen LogP contribution >= 0.6 is 0 Å². The standard InChI is InChI=1S/C22H36O8/c1-12(23)22-10-14(6-8-21(22,5)9-7-16(22)26)20(3,4)30-19-18(29-13(2)24)17(27)15(25)11-28-19/h14-19,25-27H,6-11H2,1-5H3/t14-,15-,16-,17+,18-,19+,21+,22+/m1/s1. The molecule has 0 unspecified atom stereocenters. The molecule has 30 heavy (non-hydrogen) atoms. The van der Waals surface area contributed by atoms with Gasteiger partial charge in [-0.3, -0.25) is 9.59 Å². The molecule has 1 saturated heterocycles. The number of aliphatic hydroxyl groups excluding tert-OH is 3. The molecule has 0 radical (unpaired) electrons. The first-order chi connectivity index (χ1) is 13.8. The quantitative estimate of drug-likeness (QED) is 0.561. The summed E-state index contributed by atoms with van der Waals surface area (Å²) in [6, 6.07) is 0. The van der Waals surface area contributed by atoms with Crippen molar-refractivity contribution >= 4 is 11.8 Å². The summed E-state index contributed by atoms with van der Waals surface area (Å²) < 4.78 is 17.0. The largest absolute Gasteiger partial charge is 0.454 e. The van der Waals surface area contributed by atoms with E-state index < -0.39 is 47.7 Å². The Labute approximate surface area is 177 Å². The number of ether oxygens (including phenoxy) is 3. The highest BCUT2D eigenvalue weighted by Gasteiger charge is 2.64. The maximum absolute atomic E-state index is 12.8. The summed E-state index contributed by atoms with van der Waals surface area (Å²) in [6.07, 6.45) is -1.79. The highest BCUT2D eigenvalue weighted by molar-refractivity contribution is 5.84. The van der Waals surface area contributed by atoms with Gasteiger partial charge in [-0.2, -0.15) is 0 Å². The average Bonchev–Trinajstić information content (AvgIpc) is 2.92. The van der Waals surface area contributed by atoms with Crippen molar-refractivity contribution < 1.29 is 39.1 Å². The summed E-state index contributed by atoms with van der Waals surface area (Å²) in [5.74, 6) is -0.644. The molecule has 172 valence electrons. The molecule has 0 aromatic rings. The van der Waals surface area contributed by atoms with Gasteiger partial charge in [-0.05, 0) is 64.2 Å². The SMILES string of the molecule is CC(=O)O[C@H]1[C@H](OC(C)(C)[C@@H]2CC[C@@]3(C)CC[C@@H](O)[C@@]3(C(C)=O)C2)OC[C@@H](O)[C@@H]1O. The second-order valence-corrected chi connectivity index (χ2v) is 10.1. The molecule has 8 atom stereocenters. The fourth-order valence-corrected chi connectivity index (χ4v) is 6.02. The van der Waals surface area contributed by atoms with Crippen molar-refractivity contribution in [2.24, 2.45) is 16.7 Å². The number of aliphatic hydroxyl groups is 3. The molecule has 0 amide bonds. The monoisotopic (exact) mass is 428 g/mol. The Morgan fingerprint density at radius 3 is 2.33 bits per heavy atom. The van der Waals surface area contributed by atoms with E-state index in [4.69, 9.17) is 14.2 Å². The highest BCUT2D eigenvalue weighted by atomic mass is 16.7. The normalized spacial score (nSPS) is 44.4. The Morgan fingerprint density at radius 2 is 1.73 bits per heavy atom. The maximum Gasteiger partial charge on any atom is 0.303 e. The lowest BCUT2D eigenvalue weighted by Gasteiger charge is -2.53. The van der Waals surface area contributed by atoms with Gasteiger partial charge in [-0.15, -0.1) is 0 Å². The molecular weight excluding hydrogens is 392 g/mol. The van der Waals surface area contributed by atoms with Crippen molar-refractivity contribution in [2.75, 3.05) is 6.61 Å². The molecule has 0 spiro atoms. The predicted molar refractivity (Wildman–Crippen MR) is 106 cm³/mol. The van der Waals surface area contributed by atoms with Gasteiger partial charge in [0.05, 0.1) is 23.7 Å². The van der Waals surface area contributed by atoms with Gasteiger partial charge in [0.25, 0.3) is 0 Å². The van der Waals surface area contributed by atoms with Crippen LogP contribution in [0.15, 0.2) is 0 Å². The number of esters is 1. The topological polar surface area (TPSA) is 123 Å². The van der Waals surface area contributed by atoms with Gasteiger partial charge in [-0.1, -0.05) is 6.92 Å². The van der Waals surface area contributed by atoms with E-state index >= 15 is 0 Å². The van der Waals surface area contributed by atoms with Crippen LogP contribution in [0.2, 0.25) is 0 Å². The number of hydrogen-bond donors (Lipinski definition) is 3. The molecule has 1 aliphatic heterocycles. The van der Waals surface area contributed by atoms with Crippen LogP contribution in [0.4, 0.5) is 0 Å². The van der Waals surface area contributed by atoms with E-state index in [-0.39, 0.29) is 23.7 Å². The molecule has 3 N–H and O–H groups in total. The minimum Gasteiger partial charge on any atom is -0.454 e. The molecule has 1 heterocycles. The third-order valence-corrected chi connectivity index (χ3v) is 7.99. The van der Waals surface area contributed by atoms with Gasteiger partial charge in [0.15, 0.2) is 12.4 Å². The molecule has 8 heteroatoms. The van der Waals surface area contributed by atoms with Crippen molar-refractivity contribution in [3.8, 4) is 0 Å². The smallest absolute Gasteiger partial charge is 0.303 e. The summed E-state index contributed by atoms with van der Waals surface area (Å²) in [4.78, 5) is 24.3. The Balaban J connectivity index is 1.81. The second-order valence-electron chi connectivity index (χ2n) is 10.1. The highest BCUT2D eigenvalue weighted by Crippen LogP contribution is 2.63. The van der Waals surface area contributed by atoms with E-state index in [1.165, 1.54) is 6.92 Å². The van der Waals surface area contributed by atoms with Crippen LogP contribution < -0.4 is 0 Å². The third kappa shape index (κ3) is 3.81. The molecule has 2 saturated carbocycles. The van der Waals surface area contributed by atoms with E-state index in [2.05, 4.69) is 6.92 Å². The lowest BCUT2D eigenvalue weighted by Crippen LogP contribution is -2.59. The van der Waals surface area contributed by atoms with Crippen LogP contribution in [0.3, 0.4) is 0 Å². The lowest BCUT2D eigenvalue weighted by molar-refractivity contribution is -0.309. The molecule has 0 aromatic carbocycles. The number of Topliss-reactive ketones (excluding diaryl/α,β-unsaturated/α-hetero) is 1. The van der Waals surface area contributed by atoms with Crippen LogP contribution in [0, 0.1) is 16.7 Å². The van der Waals surface area contributed by atoms with Gasteiger partial charge < -0.3 is 29.5 Å². The molecule has 3 fully saturated rings. The van der Waals surface area contributed by atoms with E-state index in [0.29, 0.717) is 12.8 Å². The zero-order chi connectivity index (χ0) is 22.5. The predicted octanol–water partition coefficient (Wildman–Crippen LogP) is 1.33. The Hall–Kier alpha value is -1.06. The van der Waals surface area contributed by atoms with E-state index in [1.54, 1.807) is 6.92 Å². The first kappa shape index (κ1) is 23.6. The van der Waals surface area contributed by atoms with Crippen LogP contribution in [0.1, 0.15) is 66.7 Å². The number of carbonyl (C=O) groups excluding carboxylic acids is 2. The molecule has 0 aromatic heterocycles. The summed E-state index contributed by atoms with van der Waals surface area (Å²) in [5.41, 5.74) is -1.81. The number of hydrogen-bond acceptors (Lipinski definition) is 8. The molecular formula is C22H36O8. The first-order valence-electron chi connectivity index (χ1n) is 10.9. The summed E-state index contributed by atoms with van der Waals surface area (Å²) in [7, 11) is 0. The first-order valence-corrected chi connectivity index (χ1v) is 10.9. The minimum absolute atomic E-state index is 0.0146. The molecule has 3 aliphatic rings. The van der Waals surface area contributed by atoms with Crippen LogP contribution in [-0.2, 0) is 23.8 Å². The number of fused-ring (bicyclic) bond motifs is 1. The van der Waals surface area contributed by atoms with Gasteiger partial charge in [0.2, 0.25) is 0 Å². The maximum atomic E-state index is 12.8. The summed E-state index contributed by atoms with van der Waals surface area (Å²) in [6.45, 7) is 8.53. The Kier molecular flexibility index (Phi) is 6.40. The van der Waals surface area contributed by atoms with Gasteiger partial charge in [0, 0.05) is 6.92 Å². The van der Waals surface area contributed by atoms with Crippen molar-refractivity contribution in [2.45, 2.75) is 103 Å². The van der Waals surface area contributed by atoms with Crippen molar-refractivity contribution in [1.82, 2.24) is 0 Å². The van der Waals surface area contributed by atoms with Crippen LogP contribution in [0.5, 0.6) is 0 Å². The Bertz CT molecular complexity index is 678. The third-order valence-electron chi connectivity index (χ3n) is 7.99. The Morgan fingerprint density at radius 1 is 1.10 bits per heavy atom. The summed E-state index contributed by atoms with van der Waals surface area (Å²) in [5, 5.41) is 31.0. The zero-order valence-corrected chi connectivity index (χ0v) is 18.6. The van der Waals surface area contributed by atoms with E-state index in [9.17, 15) is 24.9 Å². The lowest BCUT2D eigenvalue weighted by atomic mass is 9.52. The second kappa shape index (κ2) is 8.13. The van der Waals surface area contributed by atoms with Gasteiger partial charge in [-0.25, -0.2) is 0 Å². The van der Waals surface area contributed by atoms with E-state index in [0.717, 1.165) is 19.3 Å². The fourth-order valence-electron chi connectivity index (χ4n) is 6.02. The van der Waals surface area contributed by atoms with Crippen molar-refractivity contribution in [3.63, 3.8) is 0 Å². The summed E-state index contributed by atoms with van der Waals surface area (Å²) >= 11 is 0. The van der Waals surface area contributed by atoms with Crippen LogP contribution in [0.25, 0.3) is 0 Å². The number of ketones is 1. The average molecular weight is 429 g/mol. The minimum atomic E-state index is -1.32. The van der Waals surface area contributed by atoms with E-state index in [1.807, 2.05) is 13.8 Å². The number of carbonyl (C=O) groups is 2. The van der Waals surface area contributed by atoms with Gasteiger partial charge >= 0.3 is 5.97 Å². The molecule has 2 aliphatic carbocycles. The van der Waals surface area contributed by atoms with Crippen molar-refractivity contribution in [3.05, 3.63) is 0 Å². The van der Waals surface area contributed by atoms with Crippen molar-refractivity contribution in [1.29, 1.82) is 0 Å². The van der Waals surface area contributed by atoms with Gasteiger partial charge in [0.1, 0.15) is 18.0 Å². The number of rotatable bonds is 5. The zero-order valence-electron chi connectivity index (χ0n) is 18.6. The molecule has 0 bridgehead atoms. The molecule has 8 nitrogen and oxygen atoms in total. The molecule has 3 rings (SSSR count). The fraction of sp³-hybridized carbons (Fsp3) is 0.909. The van der Waals surface area contributed by atoms with Crippen LogP contribution in [-0.4, -0.2) is 70.0 Å².